The second kappa shape index (κ2) is 6.33. The van der Waals surface area contributed by atoms with Crippen LogP contribution in [0.5, 0.6) is 0 Å². The number of nitrogens with zero attached hydrogens (tertiary/aromatic N) is 1. The zero-order chi connectivity index (χ0) is 11.1. The fourth-order valence-electron chi connectivity index (χ4n) is 1.50. The molecule has 0 aliphatic rings. The van der Waals surface area contributed by atoms with Gasteiger partial charge in [0.25, 0.3) is 0 Å². The third-order valence-corrected chi connectivity index (χ3v) is 2.47. The molecule has 1 rings (SSSR count). The Labute approximate surface area is 93.3 Å². The summed E-state index contributed by atoms with van der Waals surface area (Å²) < 4.78 is 0. The Morgan fingerprint density at radius 3 is 2.67 bits per heavy atom. The quantitative estimate of drug-likeness (QED) is 0.718. The van der Waals surface area contributed by atoms with E-state index in [1.165, 1.54) is 30.6 Å². The van der Waals surface area contributed by atoms with Crippen molar-refractivity contribution in [2.45, 2.75) is 26.2 Å². The summed E-state index contributed by atoms with van der Waals surface area (Å²) >= 11 is 0. The van der Waals surface area contributed by atoms with E-state index in [1.54, 1.807) is 0 Å². The van der Waals surface area contributed by atoms with Crippen molar-refractivity contribution in [3.63, 3.8) is 0 Å². The zero-order valence-corrected chi connectivity index (χ0v) is 10.1. The number of hydrogen-bond donors (Lipinski definition) is 1. The maximum absolute atomic E-state index is 3.45. The summed E-state index contributed by atoms with van der Waals surface area (Å²) in [6, 6.07) is 8.53. The molecule has 2 heteroatoms. The number of hydrogen-bond acceptors (Lipinski definition) is 2. The summed E-state index contributed by atoms with van der Waals surface area (Å²) in [5.41, 5.74) is 2.47. The molecule has 1 N–H and O–H groups in total. The SMILES string of the molecule is CCCCCNc1cccc(N(C)C)c1. The normalized spacial score (nSPS) is 10.1. The van der Waals surface area contributed by atoms with Crippen molar-refractivity contribution >= 4 is 11.4 Å². The van der Waals surface area contributed by atoms with E-state index >= 15 is 0 Å². The molecule has 1 aromatic carbocycles. The fraction of sp³-hybridized carbons (Fsp3) is 0.538. The Bertz CT molecular complexity index is 282. The molecule has 0 heterocycles. The highest BCUT2D eigenvalue weighted by Gasteiger charge is 1.96. The average Bonchev–Trinajstić information content (AvgIpc) is 2.25. The van der Waals surface area contributed by atoms with E-state index in [0.29, 0.717) is 0 Å². The van der Waals surface area contributed by atoms with Crippen LogP contribution in [-0.4, -0.2) is 20.6 Å². The van der Waals surface area contributed by atoms with Gasteiger partial charge in [-0.1, -0.05) is 25.8 Å². The van der Waals surface area contributed by atoms with Gasteiger partial charge in [-0.2, -0.15) is 0 Å². The molecule has 0 saturated carbocycles. The first-order valence-corrected chi connectivity index (χ1v) is 5.75. The lowest BCUT2D eigenvalue weighted by molar-refractivity contribution is 0.744. The van der Waals surface area contributed by atoms with Gasteiger partial charge in [0, 0.05) is 32.0 Å². The molecule has 0 atom stereocenters. The predicted octanol–water partition coefficient (Wildman–Crippen LogP) is 3.35. The molecule has 0 spiro atoms. The van der Waals surface area contributed by atoms with Gasteiger partial charge in [-0.25, -0.2) is 0 Å². The van der Waals surface area contributed by atoms with Crippen molar-refractivity contribution in [3.05, 3.63) is 24.3 Å². The van der Waals surface area contributed by atoms with Crippen molar-refractivity contribution in [2.75, 3.05) is 30.9 Å². The first kappa shape index (κ1) is 11.9. The molecule has 0 radical (unpaired) electrons. The van der Waals surface area contributed by atoms with E-state index in [2.05, 4.69) is 55.5 Å². The van der Waals surface area contributed by atoms with E-state index in [1.807, 2.05) is 0 Å². The number of unbranched alkanes of at least 4 members (excludes halogenated alkanes) is 2. The first-order chi connectivity index (χ1) is 7.24. The topological polar surface area (TPSA) is 15.3 Å². The minimum atomic E-state index is 1.07. The first-order valence-electron chi connectivity index (χ1n) is 5.75. The third-order valence-electron chi connectivity index (χ3n) is 2.47. The standard InChI is InChI=1S/C13H22N2/c1-4-5-6-10-14-12-8-7-9-13(11-12)15(2)3/h7-9,11,14H,4-6,10H2,1-3H3. The molecule has 0 aromatic heterocycles. The van der Waals surface area contributed by atoms with Crippen molar-refractivity contribution < 1.29 is 0 Å². The van der Waals surface area contributed by atoms with Gasteiger partial charge >= 0.3 is 0 Å². The molecular formula is C13H22N2. The van der Waals surface area contributed by atoms with Crippen LogP contribution in [-0.2, 0) is 0 Å². The van der Waals surface area contributed by atoms with E-state index in [-0.39, 0.29) is 0 Å². The molecule has 0 aliphatic carbocycles. The Morgan fingerprint density at radius 1 is 1.20 bits per heavy atom. The van der Waals surface area contributed by atoms with Gasteiger partial charge in [0.05, 0.1) is 0 Å². The summed E-state index contributed by atoms with van der Waals surface area (Å²) in [6.45, 7) is 3.30. The molecule has 0 unspecified atom stereocenters. The van der Waals surface area contributed by atoms with Crippen LogP contribution < -0.4 is 10.2 Å². The molecule has 15 heavy (non-hydrogen) atoms. The van der Waals surface area contributed by atoms with Gasteiger partial charge in [0.2, 0.25) is 0 Å². The van der Waals surface area contributed by atoms with Crippen molar-refractivity contribution in [1.82, 2.24) is 0 Å². The molecule has 0 amide bonds. The van der Waals surface area contributed by atoms with Gasteiger partial charge in [-0.3, -0.25) is 0 Å². The molecule has 2 nitrogen and oxygen atoms in total. The second-order valence-electron chi connectivity index (χ2n) is 4.08. The number of nitrogens with one attached hydrogen (secondary N) is 1. The molecule has 0 aliphatic heterocycles. The molecule has 0 fully saturated rings. The monoisotopic (exact) mass is 206 g/mol. The molecule has 84 valence electrons. The number of rotatable bonds is 6. The Hall–Kier alpha value is -1.18. The van der Waals surface area contributed by atoms with Crippen LogP contribution in [0.1, 0.15) is 26.2 Å². The van der Waals surface area contributed by atoms with Crippen LogP contribution in [0.3, 0.4) is 0 Å². The van der Waals surface area contributed by atoms with E-state index < -0.39 is 0 Å². The Morgan fingerprint density at radius 2 is 2.00 bits per heavy atom. The fourth-order valence-corrected chi connectivity index (χ4v) is 1.50. The summed E-state index contributed by atoms with van der Waals surface area (Å²) in [4.78, 5) is 2.12. The summed E-state index contributed by atoms with van der Waals surface area (Å²) in [5, 5.41) is 3.45. The van der Waals surface area contributed by atoms with Crippen LogP contribution in [0.2, 0.25) is 0 Å². The predicted molar refractivity (Wildman–Crippen MR) is 68.8 cm³/mol. The highest BCUT2D eigenvalue weighted by molar-refractivity contribution is 5.57. The highest BCUT2D eigenvalue weighted by atomic mass is 15.1. The van der Waals surface area contributed by atoms with E-state index in [4.69, 9.17) is 0 Å². The van der Waals surface area contributed by atoms with Crippen LogP contribution in [0, 0.1) is 0 Å². The van der Waals surface area contributed by atoms with Crippen LogP contribution in [0.25, 0.3) is 0 Å². The zero-order valence-electron chi connectivity index (χ0n) is 10.1. The third kappa shape index (κ3) is 4.24. The lowest BCUT2D eigenvalue weighted by Crippen LogP contribution is -2.09. The van der Waals surface area contributed by atoms with Crippen LogP contribution in [0.15, 0.2) is 24.3 Å². The summed E-state index contributed by atoms with van der Waals surface area (Å²) in [6.07, 6.45) is 3.84. The van der Waals surface area contributed by atoms with Gasteiger partial charge in [-0.05, 0) is 24.6 Å². The molecular weight excluding hydrogens is 184 g/mol. The molecule has 0 bridgehead atoms. The van der Waals surface area contributed by atoms with Gasteiger partial charge in [0.1, 0.15) is 0 Å². The summed E-state index contributed by atoms with van der Waals surface area (Å²) in [7, 11) is 4.13. The minimum Gasteiger partial charge on any atom is -0.385 e. The van der Waals surface area contributed by atoms with E-state index in [0.717, 1.165) is 6.54 Å². The maximum Gasteiger partial charge on any atom is 0.0381 e. The molecule has 1 aromatic rings. The van der Waals surface area contributed by atoms with Crippen molar-refractivity contribution in [2.24, 2.45) is 0 Å². The average molecular weight is 206 g/mol. The largest absolute Gasteiger partial charge is 0.385 e. The highest BCUT2D eigenvalue weighted by Crippen LogP contribution is 2.17. The lowest BCUT2D eigenvalue weighted by Gasteiger charge is -2.14. The minimum absolute atomic E-state index is 1.07. The van der Waals surface area contributed by atoms with Gasteiger partial charge in [0.15, 0.2) is 0 Å². The van der Waals surface area contributed by atoms with Gasteiger partial charge in [-0.15, -0.1) is 0 Å². The smallest absolute Gasteiger partial charge is 0.0381 e. The van der Waals surface area contributed by atoms with Crippen LogP contribution >= 0.6 is 0 Å². The Balaban J connectivity index is 2.43. The number of anilines is 2. The second-order valence-corrected chi connectivity index (χ2v) is 4.08. The van der Waals surface area contributed by atoms with Gasteiger partial charge < -0.3 is 10.2 Å². The van der Waals surface area contributed by atoms with Crippen molar-refractivity contribution in [1.29, 1.82) is 0 Å². The van der Waals surface area contributed by atoms with Crippen LogP contribution in [0.4, 0.5) is 11.4 Å². The molecule has 0 saturated heterocycles. The maximum atomic E-state index is 3.45. The number of benzene rings is 1. The lowest BCUT2D eigenvalue weighted by atomic mass is 10.2. The van der Waals surface area contributed by atoms with E-state index in [9.17, 15) is 0 Å². The summed E-state index contributed by atoms with van der Waals surface area (Å²) in [5.74, 6) is 0. The Kier molecular flexibility index (Phi) is 5.02. The van der Waals surface area contributed by atoms with Crippen molar-refractivity contribution in [3.8, 4) is 0 Å².